The summed E-state index contributed by atoms with van der Waals surface area (Å²) in [6.07, 6.45) is 2.00. The van der Waals surface area contributed by atoms with Crippen LogP contribution in [-0.4, -0.2) is 29.1 Å². The average molecular weight is 261 g/mol. The summed E-state index contributed by atoms with van der Waals surface area (Å²) in [6.45, 7) is 3.83. The Morgan fingerprint density at radius 3 is 3.06 bits per heavy atom. The normalized spacial score (nSPS) is 19.5. The summed E-state index contributed by atoms with van der Waals surface area (Å²) in [5, 5.41) is 9.74. The summed E-state index contributed by atoms with van der Waals surface area (Å²) in [4.78, 5) is 15.8. The van der Waals surface area contributed by atoms with E-state index in [1.165, 1.54) is 0 Å². The van der Waals surface area contributed by atoms with Crippen LogP contribution in [0.15, 0.2) is 4.52 Å². The number of nitrogens with zero attached hydrogens (tertiary/aromatic N) is 2. The van der Waals surface area contributed by atoms with E-state index in [1.54, 1.807) is 6.92 Å². The van der Waals surface area contributed by atoms with E-state index in [0.717, 1.165) is 25.9 Å². The van der Waals surface area contributed by atoms with Gasteiger partial charge >= 0.3 is 0 Å². The van der Waals surface area contributed by atoms with E-state index < -0.39 is 0 Å². The summed E-state index contributed by atoms with van der Waals surface area (Å²) >= 11 is 0. The van der Waals surface area contributed by atoms with Crippen molar-refractivity contribution < 1.29 is 9.32 Å². The molecule has 1 aromatic heterocycles. The number of hydrogen-bond acceptors (Lipinski definition) is 5. The molecule has 1 atom stereocenters. The zero-order valence-electron chi connectivity index (χ0n) is 9.73. The van der Waals surface area contributed by atoms with E-state index in [2.05, 4.69) is 20.8 Å². The smallest absolute Gasteiger partial charge is 0.224 e. The maximum atomic E-state index is 11.7. The molecule has 1 saturated heterocycles. The molecule has 0 saturated carbocycles. The molecule has 6 nitrogen and oxygen atoms in total. The lowest BCUT2D eigenvalue weighted by Crippen LogP contribution is -2.40. The summed E-state index contributed by atoms with van der Waals surface area (Å²) in [5.41, 5.74) is 0. The highest BCUT2D eigenvalue weighted by atomic mass is 35.5. The molecule has 0 spiro atoms. The van der Waals surface area contributed by atoms with Gasteiger partial charge in [-0.05, 0) is 19.4 Å². The third kappa shape index (κ3) is 3.98. The molecule has 1 amide bonds. The van der Waals surface area contributed by atoms with Crippen molar-refractivity contribution in [1.82, 2.24) is 20.8 Å². The third-order valence-corrected chi connectivity index (χ3v) is 2.66. The van der Waals surface area contributed by atoms with Gasteiger partial charge in [0, 0.05) is 13.5 Å². The molecular weight excluding hydrogens is 244 g/mol. The van der Waals surface area contributed by atoms with Gasteiger partial charge in [-0.2, -0.15) is 4.98 Å². The lowest BCUT2D eigenvalue weighted by molar-refractivity contribution is -0.125. The van der Waals surface area contributed by atoms with E-state index in [9.17, 15) is 4.79 Å². The number of carbonyl (C=O) groups excluding carboxylic acids is 1. The van der Waals surface area contributed by atoms with Crippen LogP contribution in [0.1, 0.15) is 24.6 Å². The minimum atomic E-state index is 0. The average Bonchev–Trinajstić information content (AvgIpc) is 2.73. The lowest BCUT2D eigenvalue weighted by Gasteiger charge is -2.21. The lowest BCUT2D eigenvalue weighted by atomic mass is 9.99. The van der Waals surface area contributed by atoms with Gasteiger partial charge < -0.3 is 15.2 Å². The number of amides is 1. The van der Waals surface area contributed by atoms with Gasteiger partial charge in [0.05, 0.1) is 12.5 Å². The minimum absolute atomic E-state index is 0. The van der Waals surface area contributed by atoms with Crippen molar-refractivity contribution in [1.29, 1.82) is 0 Å². The van der Waals surface area contributed by atoms with Gasteiger partial charge in [-0.3, -0.25) is 4.79 Å². The minimum Gasteiger partial charge on any atom is -0.348 e. The van der Waals surface area contributed by atoms with Gasteiger partial charge in [-0.1, -0.05) is 5.16 Å². The van der Waals surface area contributed by atoms with Crippen molar-refractivity contribution in [3.63, 3.8) is 0 Å². The largest absolute Gasteiger partial charge is 0.348 e. The van der Waals surface area contributed by atoms with Gasteiger partial charge in [0.15, 0.2) is 5.82 Å². The molecule has 1 aliphatic heterocycles. The van der Waals surface area contributed by atoms with E-state index in [1.807, 2.05) is 0 Å². The van der Waals surface area contributed by atoms with Crippen LogP contribution in [0.25, 0.3) is 0 Å². The number of hydrogen-bond donors (Lipinski definition) is 2. The van der Waals surface area contributed by atoms with Crippen LogP contribution in [0.3, 0.4) is 0 Å². The van der Waals surface area contributed by atoms with E-state index in [0.29, 0.717) is 18.3 Å². The van der Waals surface area contributed by atoms with Crippen LogP contribution < -0.4 is 10.6 Å². The highest BCUT2D eigenvalue weighted by Gasteiger charge is 2.20. The quantitative estimate of drug-likeness (QED) is 0.823. The zero-order chi connectivity index (χ0) is 11.4. The van der Waals surface area contributed by atoms with Gasteiger partial charge in [-0.25, -0.2) is 0 Å². The molecule has 0 radical (unpaired) electrons. The highest BCUT2D eigenvalue weighted by Crippen LogP contribution is 2.09. The monoisotopic (exact) mass is 260 g/mol. The number of aromatic nitrogens is 2. The first-order valence-corrected chi connectivity index (χ1v) is 5.53. The predicted molar refractivity (Wildman–Crippen MR) is 63.7 cm³/mol. The van der Waals surface area contributed by atoms with E-state index in [-0.39, 0.29) is 24.2 Å². The summed E-state index contributed by atoms with van der Waals surface area (Å²) in [6, 6.07) is 0. The number of carbonyl (C=O) groups is 1. The Morgan fingerprint density at radius 2 is 2.47 bits per heavy atom. The first-order chi connectivity index (χ1) is 7.75. The second-order valence-electron chi connectivity index (χ2n) is 3.99. The number of nitrogens with one attached hydrogen (secondary N) is 2. The Hall–Kier alpha value is -1.14. The molecule has 17 heavy (non-hydrogen) atoms. The molecular formula is C10H17ClN4O2. The van der Waals surface area contributed by atoms with Crippen molar-refractivity contribution in [3.8, 4) is 0 Å². The number of rotatable bonds is 3. The Bertz CT molecular complexity index is 363. The van der Waals surface area contributed by atoms with Crippen molar-refractivity contribution in [3.05, 3.63) is 11.7 Å². The number of piperidine rings is 1. The second-order valence-corrected chi connectivity index (χ2v) is 3.99. The molecule has 2 rings (SSSR count). The molecule has 1 fully saturated rings. The van der Waals surface area contributed by atoms with Gasteiger partial charge in [0.2, 0.25) is 11.8 Å². The fourth-order valence-corrected chi connectivity index (χ4v) is 1.80. The third-order valence-electron chi connectivity index (χ3n) is 2.66. The fraction of sp³-hybridized carbons (Fsp3) is 0.700. The van der Waals surface area contributed by atoms with Crippen molar-refractivity contribution >= 4 is 18.3 Å². The zero-order valence-corrected chi connectivity index (χ0v) is 10.5. The SMILES string of the molecule is Cc1nc(CNC(=O)[C@@H]2CCCNC2)no1.Cl. The number of aryl methyl sites for hydroxylation is 1. The van der Waals surface area contributed by atoms with Crippen LogP contribution in [0.2, 0.25) is 0 Å². The molecule has 2 N–H and O–H groups in total. The summed E-state index contributed by atoms with van der Waals surface area (Å²) in [7, 11) is 0. The first-order valence-electron chi connectivity index (χ1n) is 5.53. The van der Waals surface area contributed by atoms with Gasteiger partial charge in [0.1, 0.15) is 0 Å². The maximum absolute atomic E-state index is 11.7. The van der Waals surface area contributed by atoms with Crippen LogP contribution in [-0.2, 0) is 11.3 Å². The van der Waals surface area contributed by atoms with Crippen LogP contribution in [0.5, 0.6) is 0 Å². The molecule has 96 valence electrons. The molecule has 0 aliphatic carbocycles. The van der Waals surface area contributed by atoms with Gasteiger partial charge in [0.25, 0.3) is 0 Å². The fourth-order valence-electron chi connectivity index (χ4n) is 1.80. The molecule has 7 heteroatoms. The molecule has 0 aromatic carbocycles. The Kier molecular flexibility index (Phi) is 5.37. The van der Waals surface area contributed by atoms with E-state index in [4.69, 9.17) is 4.52 Å². The van der Waals surface area contributed by atoms with Gasteiger partial charge in [-0.15, -0.1) is 12.4 Å². The van der Waals surface area contributed by atoms with Crippen LogP contribution in [0, 0.1) is 12.8 Å². The summed E-state index contributed by atoms with van der Waals surface area (Å²) in [5.74, 6) is 1.18. The summed E-state index contributed by atoms with van der Waals surface area (Å²) < 4.78 is 4.82. The predicted octanol–water partition coefficient (Wildman–Crippen LogP) is 0.416. The molecule has 2 heterocycles. The van der Waals surface area contributed by atoms with Crippen LogP contribution in [0.4, 0.5) is 0 Å². The molecule has 0 unspecified atom stereocenters. The first kappa shape index (κ1) is 13.9. The Balaban J connectivity index is 0.00000144. The van der Waals surface area contributed by atoms with Crippen molar-refractivity contribution in [2.75, 3.05) is 13.1 Å². The number of halogens is 1. The highest BCUT2D eigenvalue weighted by molar-refractivity contribution is 5.85. The molecule has 1 aliphatic rings. The second kappa shape index (κ2) is 6.56. The standard InChI is InChI=1S/C10H16N4O2.ClH/c1-7-13-9(14-16-7)6-12-10(15)8-3-2-4-11-5-8;/h8,11H,2-6H2,1H3,(H,12,15);1H/t8-;/m1./s1. The topological polar surface area (TPSA) is 80.0 Å². The van der Waals surface area contributed by atoms with E-state index >= 15 is 0 Å². The molecule has 0 bridgehead atoms. The maximum Gasteiger partial charge on any atom is 0.224 e. The Morgan fingerprint density at radius 1 is 1.65 bits per heavy atom. The van der Waals surface area contributed by atoms with Crippen molar-refractivity contribution in [2.24, 2.45) is 5.92 Å². The van der Waals surface area contributed by atoms with Crippen LogP contribution >= 0.6 is 12.4 Å². The molecule has 1 aromatic rings. The van der Waals surface area contributed by atoms with Crippen molar-refractivity contribution in [2.45, 2.75) is 26.3 Å². The Labute approximate surface area is 106 Å².